The number of nitrogens with one attached hydrogen (secondary N) is 1. The van der Waals surface area contributed by atoms with Crippen LogP contribution in [0.15, 0.2) is 41.3 Å². The summed E-state index contributed by atoms with van der Waals surface area (Å²) in [7, 11) is 0. The van der Waals surface area contributed by atoms with Crippen molar-refractivity contribution in [1.82, 2.24) is 4.98 Å². The third kappa shape index (κ3) is 1.93. The van der Waals surface area contributed by atoms with Crippen LogP contribution in [-0.4, -0.2) is 4.98 Å². The number of hydrogen-bond donors (Lipinski definition) is 1. The van der Waals surface area contributed by atoms with Crippen LogP contribution in [-0.2, 0) is 0 Å². The van der Waals surface area contributed by atoms with Crippen LogP contribution < -0.4 is 5.43 Å². The van der Waals surface area contributed by atoms with Crippen LogP contribution in [0, 0.1) is 11.6 Å². The Bertz CT molecular complexity index is 548. The summed E-state index contributed by atoms with van der Waals surface area (Å²) in [4.78, 5) is 13.7. The van der Waals surface area contributed by atoms with Gasteiger partial charge in [0.15, 0.2) is 5.43 Å². The van der Waals surface area contributed by atoms with Crippen molar-refractivity contribution in [1.29, 1.82) is 0 Å². The molecule has 0 saturated heterocycles. The SMILES string of the molecule is O=c1cc[nH]c(-c2cc(F)ccc2F)c1. The van der Waals surface area contributed by atoms with E-state index >= 15 is 0 Å². The van der Waals surface area contributed by atoms with Crippen molar-refractivity contribution in [3.8, 4) is 11.3 Å². The fraction of sp³-hybridized carbons (Fsp3) is 0. The van der Waals surface area contributed by atoms with Gasteiger partial charge in [-0.2, -0.15) is 0 Å². The van der Waals surface area contributed by atoms with E-state index in [-0.39, 0.29) is 16.7 Å². The highest BCUT2D eigenvalue weighted by Gasteiger charge is 2.06. The van der Waals surface area contributed by atoms with E-state index in [1.165, 1.54) is 18.3 Å². The van der Waals surface area contributed by atoms with Crippen LogP contribution >= 0.6 is 0 Å². The predicted molar refractivity (Wildman–Crippen MR) is 52.4 cm³/mol. The van der Waals surface area contributed by atoms with Gasteiger partial charge in [-0.15, -0.1) is 0 Å². The quantitative estimate of drug-likeness (QED) is 0.764. The van der Waals surface area contributed by atoms with Gasteiger partial charge in [-0.3, -0.25) is 4.79 Å². The number of hydrogen-bond acceptors (Lipinski definition) is 1. The van der Waals surface area contributed by atoms with Gasteiger partial charge < -0.3 is 4.98 Å². The summed E-state index contributed by atoms with van der Waals surface area (Å²) in [6.45, 7) is 0. The van der Waals surface area contributed by atoms with Crippen molar-refractivity contribution in [3.05, 3.63) is 58.4 Å². The van der Waals surface area contributed by atoms with Gasteiger partial charge in [-0.25, -0.2) is 8.78 Å². The van der Waals surface area contributed by atoms with E-state index in [9.17, 15) is 13.6 Å². The summed E-state index contributed by atoms with van der Waals surface area (Å²) in [5.41, 5.74) is 0.0552. The van der Waals surface area contributed by atoms with E-state index in [0.29, 0.717) is 0 Å². The Morgan fingerprint density at radius 2 is 1.87 bits per heavy atom. The van der Waals surface area contributed by atoms with Gasteiger partial charge in [0, 0.05) is 23.9 Å². The molecule has 1 heterocycles. The number of benzene rings is 1. The molecule has 0 unspecified atom stereocenters. The van der Waals surface area contributed by atoms with Crippen LogP contribution in [0.1, 0.15) is 0 Å². The molecule has 0 aliphatic carbocycles. The molecule has 0 aliphatic heterocycles. The molecular formula is C11H7F2NO. The van der Waals surface area contributed by atoms with E-state index in [2.05, 4.69) is 4.98 Å². The molecule has 2 aromatic rings. The fourth-order valence-corrected chi connectivity index (χ4v) is 1.31. The summed E-state index contributed by atoms with van der Waals surface area (Å²) in [6, 6.07) is 5.62. The maximum absolute atomic E-state index is 13.3. The van der Waals surface area contributed by atoms with E-state index in [1.807, 2.05) is 0 Å². The van der Waals surface area contributed by atoms with Crippen molar-refractivity contribution in [2.45, 2.75) is 0 Å². The molecule has 1 N–H and O–H groups in total. The smallest absolute Gasteiger partial charge is 0.182 e. The lowest BCUT2D eigenvalue weighted by Crippen LogP contribution is -1.99. The number of halogens is 2. The van der Waals surface area contributed by atoms with Crippen LogP contribution in [0.25, 0.3) is 11.3 Å². The minimum absolute atomic E-state index is 0.0488. The normalized spacial score (nSPS) is 10.3. The van der Waals surface area contributed by atoms with Gasteiger partial charge in [0.05, 0.1) is 5.69 Å². The zero-order valence-electron chi connectivity index (χ0n) is 7.63. The molecular weight excluding hydrogens is 200 g/mol. The molecule has 2 nitrogen and oxygen atoms in total. The zero-order valence-corrected chi connectivity index (χ0v) is 7.63. The second-order valence-electron chi connectivity index (χ2n) is 3.06. The Morgan fingerprint density at radius 3 is 2.60 bits per heavy atom. The molecule has 0 amide bonds. The minimum Gasteiger partial charge on any atom is -0.361 e. The highest BCUT2D eigenvalue weighted by molar-refractivity contribution is 5.59. The fourth-order valence-electron chi connectivity index (χ4n) is 1.31. The molecule has 2 rings (SSSR count). The van der Waals surface area contributed by atoms with Crippen molar-refractivity contribution in [3.63, 3.8) is 0 Å². The standard InChI is InChI=1S/C11H7F2NO/c12-7-1-2-10(13)9(5-7)11-6-8(15)3-4-14-11/h1-6H,(H,14,15). The van der Waals surface area contributed by atoms with Gasteiger partial charge in [-0.05, 0) is 18.2 Å². The molecule has 1 aromatic heterocycles. The van der Waals surface area contributed by atoms with Crippen molar-refractivity contribution >= 4 is 0 Å². The highest BCUT2D eigenvalue weighted by atomic mass is 19.1. The summed E-state index contributed by atoms with van der Waals surface area (Å²) in [6.07, 6.45) is 1.39. The molecule has 76 valence electrons. The first-order valence-corrected chi connectivity index (χ1v) is 4.31. The first-order chi connectivity index (χ1) is 7.16. The lowest BCUT2D eigenvalue weighted by atomic mass is 10.1. The van der Waals surface area contributed by atoms with Crippen molar-refractivity contribution in [2.75, 3.05) is 0 Å². The third-order valence-corrected chi connectivity index (χ3v) is 1.99. The lowest BCUT2D eigenvalue weighted by Gasteiger charge is -2.02. The Hall–Kier alpha value is -1.97. The molecule has 0 bridgehead atoms. The predicted octanol–water partition coefficient (Wildman–Crippen LogP) is 2.32. The number of aromatic amines is 1. The number of H-pyrrole nitrogens is 1. The molecule has 4 heteroatoms. The van der Waals surface area contributed by atoms with E-state index in [4.69, 9.17) is 0 Å². The second-order valence-corrected chi connectivity index (χ2v) is 3.06. The molecule has 0 radical (unpaired) electrons. The largest absolute Gasteiger partial charge is 0.361 e. The second kappa shape index (κ2) is 3.65. The molecule has 0 aliphatic rings. The Balaban J connectivity index is 2.63. The summed E-state index contributed by atoms with van der Waals surface area (Å²) in [5, 5.41) is 0. The van der Waals surface area contributed by atoms with Gasteiger partial charge in [0.1, 0.15) is 11.6 Å². The zero-order chi connectivity index (χ0) is 10.8. The Morgan fingerprint density at radius 1 is 1.07 bits per heavy atom. The van der Waals surface area contributed by atoms with Crippen LogP contribution in [0.4, 0.5) is 8.78 Å². The summed E-state index contributed by atoms with van der Waals surface area (Å²) >= 11 is 0. The van der Waals surface area contributed by atoms with E-state index in [0.717, 1.165) is 18.2 Å². The average Bonchev–Trinajstić information content (AvgIpc) is 2.22. The average molecular weight is 207 g/mol. The lowest BCUT2D eigenvalue weighted by molar-refractivity contribution is 0.602. The molecule has 0 saturated carbocycles. The monoisotopic (exact) mass is 207 g/mol. The Labute approximate surface area is 84.2 Å². The van der Waals surface area contributed by atoms with E-state index < -0.39 is 11.6 Å². The van der Waals surface area contributed by atoms with Crippen LogP contribution in [0.2, 0.25) is 0 Å². The molecule has 0 spiro atoms. The molecule has 15 heavy (non-hydrogen) atoms. The highest BCUT2D eigenvalue weighted by Crippen LogP contribution is 2.20. The first-order valence-electron chi connectivity index (χ1n) is 4.31. The maximum Gasteiger partial charge on any atom is 0.182 e. The van der Waals surface area contributed by atoms with Crippen LogP contribution in [0.3, 0.4) is 0 Å². The van der Waals surface area contributed by atoms with E-state index in [1.54, 1.807) is 0 Å². The minimum atomic E-state index is -0.571. The summed E-state index contributed by atoms with van der Waals surface area (Å²) in [5.74, 6) is -1.12. The van der Waals surface area contributed by atoms with Crippen molar-refractivity contribution in [2.24, 2.45) is 0 Å². The topological polar surface area (TPSA) is 32.9 Å². The summed E-state index contributed by atoms with van der Waals surface area (Å²) < 4.78 is 26.2. The third-order valence-electron chi connectivity index (χ3n) is 1.99. The first kappa shape index (κ1) is 9.58. The van der Waals surface area contributed by atoms with Crippen molar-refractivity contribution < 1.29 is 8.78 Å². The van der Waals surface area contributed by atoms with Gasteiger partial charge in [0.25, 0.3) is 0 Å². The maximum atomic E-state index is 13.3. The number of aromatic nitrogens is 1. The number of rotatable bonds is 1. The van der Waals surface area contributed by atoms with Gasteiger partial charge >= 0.3 is 0 Å². The van der Waals surface area contributed by atoms with Gasteiger partial charge in [-0.1, -0.05) is 0 Å². The molecule has 0 atom stereocenters. The Kier molecular flexibility index (Phi) is 2.33. The van der Waals surface area contributed by atoms with Gasteiger partial charge in [0.2, 0.25) is 0 Å². The van der Waals surface area contributed by atoms with Crippen LogP contribution in [0.5, 0.6) is 0 Å². The molecule has 1 aromatic carbocycles. The molecule has 0 fully saturated rings. The number of pyridine rings is 1.